The lowest BCUT2D eigenvalue weighted by Gasteiger charge is -2.14. The molecule has 2 rings (SSSR count). The lowest BCUT2D eigenvalue weighted by Crippen LogP contribution is -2.30. The quantitative estimate of drug-likeness (QED) is 0.801. The molecule has 0 bridgehead atoms. The maximum Gasteiger partial charge on any atom is 0.422 e. The number of hydrogen-bond donors (Lipinski definition) is 2. The lowest BCUT2D eigenvalue weighted by atomic mass is 10.2. The third-order valence-electron chi connectivity index (χ3n) is 3.44. The Morgan fingerprint density at radius 2 is 2.08 bits per heavy atom. The summed E-state index contributed by atoms with van der Waals surface area (Å²) >= 11 is 5.86. The van der Waals surface area contributed by atoms with Crippen LogP contribution < -0.4 is 10.1 Å². The van der Waals surface area contributed by atoms with Crippen LogP contribution in [0.4, 0.5) is 13.2 Å². The number of carboxylic acids is 1. The standard InChI is InChI=1S/C13H13ClF3NO5S/c14-9-3-7(23-6-13(15,16)17)1-2-11(9)24(21,22)8-4-10(12(19)20)18-5-8/h1-3,8,10,18H,4-6H2,(H,19,20). The highest BCUT2D eigenvalue weighted by Crippen LogP contribution is 2.31. The van der Waals surface area contributed by atoms with E-state index in [4.69, 9.17) is 16.7 Å². The molecule has 1 aliphatic rings. The highest BCUT2D eigenvalue weighted by molar-refractivity contribution is 7.92. The van der Waals surface area contributed by atoms with Crippen molar-refractivity contribution in [3.63, 3.8) is 0 Å². The van der Waals surface area contributed by atoms with Gasteiger partial charge in [0.2, 0.25) is 0 Å². The van der Waals surface area contributed by atoms with Crippen LogP contribution in [0.5, 0.6) is 5.75 Å². The van der Waals surface area contributed by atoms with Crippen molar-refractivity contribution >= 4 is 27.4 Å². The van der Waals surface area contributed by atoms with E-state index in [-0.39, 0.29) is 28.6 Å². The van der Waals surface area contributed by atoms with Crippen molar-refractivity contribution in [1.82, 2.24) is 5.32 Å². The molecular weight excluding hydrogens is 375 g/mol. The molecule has 1 aromatic rings. The van der Waals surface area contributed by atoms with Crippen LogP contribution in [-0.2, 0) is 14.6 Å². The van der Waals surface area contributed by atoms with E-state index in [1.165, 1.54) is 0 Å². The van der Waals surface area contributed by atoms with Crippen molar-refractivity contribution in [2.75, 3.05) is 13.2 Å². The van der Waals surface area contributed by atoms with Crippen molar-refractivity contribution < 1.29 is 36.2 Å². The van der Waals surface area contributed by atoms with Crippen LogP contribution in [0.3, 0.4) is 0 Å². The number of nitrogens with one attached hydrogen (secondary N) is 1. The second-order valence-corrected chi connectivity index (χ2v) is 7.80. The van der Waals surface area contributed by atoms with Gasteiger partial charge in [0.25, 0.3) is 0 Å². The molecule has 1 saturated heterocycles. The Balaban J connectivity index is 2.18. The number of halogens is 4. The number of aliphatic carboxylic acids is 1. The van der Waals surface area contributed by atoms with E-state index >= 15 is 0 Å². The summed E-state index contributed by atoms with van der Waals surface area (Å²) in [5.41, 5.74) is 0. The number of carbonyl (C=O) groups is 1. The van der Waals surface area contributed by atoms with Gasteiger partial charge in [-0.2, -0.15) is 13.2 Å². The van der Waals surface area contributed by atoms with Crippen molar-refractivity contribution in [3.8, 4) is 5.75 Å². The first kappa shape index (κ1) is 18.8. The van der Waals surface area contributed by atoms with E-state index in [1.807, 2.05) is 0 Å². The zero-order valence-corrected chi connectivity index (χ0v) is 13.6. The van der Waals surface area contributed by atoms with Gasteiger partial charge in [-0.1, -0.05) is 11.6 Å². The fourth-order valence-corrected chi connectivity index (χ4v) is 4.48. The molecule has 1 aromatic carbocycles. The number of hydrogen-bond acceptors (Lipinski definition) is 5. The van der Waals surface area contributed by atoms with Crippen LogP contribution in [0.1, 0.15) is 6.42 Å². The molecule has 0 amide bonds. The molecule has 11 heteroatoms. The number of rotatable bonds is 5. The van der Waals surface area contributed by atoms with Gasteiger partial charge in [-0.3, -0.25) is 4.79 Å². The van der Waals surface area contributed by atoms with E-state index in [0.29, 0.717) is 0 Å². The van der Waals surface area contributed by atoms with Gasteiger partial charge in [-0.05, 0) is 18.6 Å². The Morgan fingerprint density at radius 3 is 2.58 bits per heavy atom. The molecule has 0 aliphatic carbocycles. The molecule has 1 fully saturated rings. The summed E-state index contributed by atoms with van der Waals surface area (Å²) in [6, 6.07) is 2.13. The van der Waals surface area contributed by atoms with Crippen molar-refractivity contribution in [2.24, 2.45) is 0 Å². The van der Waals surface area contributed by atoms with E-state index in [1.54, 1.807) is 0 Å². The third-order valence-corrected chi connectivity index (χ3v) is 6.07. The summed E-state index contributed by atoms with van der Waals surface area (Å²) in [5.74, 6) is -1.38. The summed E-state index contributed by atoms with van der Waals surface area (Å²) in [5, 5.41) is 10.2. The molecule has 2 atom stereocenters. The van der Waals surface area contributed by atoms with Gasteiger partial charge in [0, 0.05) is 12.6 Å². The Bertz CT molecular complexity index is 738. The van der Waals surface area contributed by atoms with E-state index in [0.717, 1.165) is 18.2 Å². The molecular formula is C13H13ClF3NO5S. The normalized spacial score (nSPS) is 21.7. The van der Waals surface area contributed by atoms with Gasteiger partial charge in [0.1, 0.15) is 11.8 Å². The molecule has 2 unspecified atom stereocenters. The van der Waals surface area contributed by atoms with E-state index in [2.05, 4.69) is 10.1 Å². The first-order chi connectivity index (χ1) is 11.0. The summed E-state index contributed by atoms with van der Waals surface area (Å²) in [6.45, 7) is -1.58. The second-order valence-electron chi connectivity index (χ2n) is 5.20. The number of sulfone groups is 1. The van der Waals surface area contributed by atoms with Crippen LogP contribution in [0.25, 0.3) is 0 Å². The van der Waals surface area contributed by atoms with E-state index in [9.17, 15) is 26.4 Å². The Hall–Kier alpha value is -1.52. The molecule has 0 spiro atoms. The minimum absolute atomic E-state index is 0.0536. The number of alkyl halides is 3. The van der Waals surface area contributed by atoms with Gasteiger partial charge < -0.3 is 15.2 Å². The predicted octanol–water partition coefficient (Wildman–Crippen LogP) is 1.87. The van der Waals surface area contributed by atoms with Crippen molar-refractivity contribution in [3.05, 3.63) is 23.2 Å². The summed E-state index contributed by atoms with van der Waals surface area (Å²) in [6.07, 6.45) is -4.65. The maximum absolute atomic E-state index is 12.5. The summed E-state index contributed by atoms with van der Waals surface area (Å²) < 4.78 is 65.8. The minimum atomic E-state index is -4.53. The maximum atomic E-state index is 12.5. The third kappa shape index (κ3) is 4.31. The largest absolute Gasteiger partial charge is 0.484 e. The monoisotopic (exact) mass is 387 g/mol. The van der Waals surface area contributed by atoms with Crippen LogP contribution in [0, 0.1) is 0 Å². The fraction of sp³-hybridized carbons (Fsp3) is 0.462. The van der Waals surface area contributed by atoms with Crippen LogP contribution in [-0.4, -0.2) is 50.1 Å². The summed E-state index contributed by atoms with van der Waals surface area (Å²) in [7, 11) is -3.93. The molecule has 134 valence electrons. The molecule has 0 radical (unpaired) electrons. The van der Waals surface area contributed by atoms with Gasteiger partial charge in [0.05, 0.1) is 15.2 Å². The average molecular weight is 388 g/mol. The van der Waals surface area contributed by atoms with Gasteiger partial charge >= 0.3 is 12.1 Å². The zero-order valence-electron chi connectivity index (χ0n) is 12.0. The topological polar surface area (TPSA) is 92.7 Å². The average Bonchev–Trinajstić information content (AvgIpc) is 2.95. The first-order valence-electron chi connectivity index (χ1n) is 6.70. The predicted molar refractivity (Wildman–Crippen MR) is 78.0 cm³/mol. The molecule has 0 saturated carbocycles. The van der Waals surface area contributed by atoms with Gasteiger partial charge in [-0.25, -0.2) is 8.42 Å². The van der Waals surface area contributed by atoms with E-state index < -0.39 is 39.9 Å². The molecule has 24 heavy (non-hydrogen) atoms. The fourth-order valence-electron chi connectivity index (χ4n) is 2.27. The zero-order chi connectivity index (χ0) is 18.1. The SMILES string of the molecule is O=C(O)C1CC(S(=O)(=O)c2ccc(OCC(F)(F)F)cc2Cl)CN1. The van der Waals surface area contributed by atoms with Crippen molar-refractivity contribution in [2.45, 2.75) is 28.8 Å². The highest BCUT2D eigenvalue weighted by Gasteiger charge is 2.39. The molecule has 2 N–H and O–H groups in total. The minimum Gasteiger partial charge on any atom is -0.484 e. The molecule has 6 nitrogen and oxygen atoms in total. The Labute approximate surface area is 140 Å². The molecule has 1 heterocycles. The van der Waals surface area contributed by atoms with Gasteiger partial charge in [0.15, 0.2) is 16.4 Å². The molecule has 1 aliphatic heterocycles. The van der Waals surface area contributed by atoms with Crippen LogP contribution >= 0.6 is 11.6 Å². The number of carboxylic acid groups (broad SMARTS) is 1. The summed E-state index contributed by atoms with van der Waals surface area (Å²) in [4.78, 5) is 10.6. The smallest absolute Gasteiger partial charge is 0.422 e. The van der Waals surface area contributed by atoms with Crippen LogP contribution in [0.2, 0.25) is 5.02 Å². The Morgan fingerprint density at radius 1 is 1.42 bits per heavy atom. The first-order valence-corrected chi connectivity index (χ1v) is 8.62. The number of ether oxygens (including phenoxy) is 1. The second kappa shape index (κ2) is 6.77. The van der Waals surface area contributed by atoms with Crippen molar-refractivity contribution in [1.29, 1.82) is 0 Å². The highest BCUT2D eigenvalue weighted by atomic mass is 35.5. The van der Waals surface area contributed by atoms with Crippen LogP contribution in [0.15, 0.2) is 23.1 Å². The lowest BCUT2D eigenvalue weighted by molar-refractivity contribution is -0.153. The molecule has 0 aromatic heterocycles. The van der Waals surface area contributed by atoms with Gasteiger partial charge in [-0.15, -0.1) is 0 Å². The number of benzene rings is 1. The Kier molecular flexibility index (Phi) is 5.31.